The van der Waals surface area contributed by atoms with E-state index in [-0.39, 0.29) is 42.3 Å². The van der Waals surface area contributed by atoms with Crippen LogP contribution in [0.25, 0.3) is 0 Å². The van der Waals surface area contributed by atoms with Gasteiger partial charge in [0.2, 0.25) is 0 Å². The monoisotopic (exact) mass is 570 g/mol. The van der Waals surface area contributed by atoms with Gasteiger partial charge in [0.25, 0.3) is 0 Å². The minimum Gasteiger partial charge on any atom is -0.458 e. The van der Waals surface area contributed by atoms with Gasteiger partial charge in [0.15, 0.2) is 11.9 Å². The summed E-state index contributed by atoms with van der Waals surface area (Å²) in [6.07, 6.45) is 1.30. The molecule has 2 N–H and O–H groups in total. The summed E-state index contributed by atoms with van der Waals surface area (Å²) < 4.78 is 12.0. The molecular weight excluding hydrogens is 528 g/mol. The van der Waals surface area contributed by atoms with Gasteiger partial charge in [-0.3, -0.25) is 14.4 Å². The van der Waals surface area contributed by atoms with E-state index in [1.54, 1.807) is 11.3 Å². The Morgan fingerprint density at radius 2 is 1.93 bits per heavy atom. The second-order valence-corrected chi connectivity index (χ2v) is 14.6. The van der Waals surface area contributed by atoms with Crippen LogP contribution in [0.1, 0.15) is 84.4 Å². The average Bonchev–Trinajstić information content (AvgIpc) is 3.63. The van der Waals surface area contributed by atoms with Crippen LogP contribution in [0.3, 0.4) is 0 Å². The van der Waals surface area contributed by atoms with Crippen LogP contribution in [-0.4, -0.2) is 51.8 Å². The topological polar surface area (TPSA) is 110 Å². The van der Waals surface area contributed by atoms with Crippen LogP contribution >= 0.6 is 11.3 Å². The van der Waals surface area contributed by atoms with Gasteiger partial charge in [0.05, 0.1) is 29.5 Å². The molecule has 9 atom stereocenters. The summed E-state index contributed by atoms with van der Waals surface area (Å²) >= 11 is 1.59. The summed E-state index contributed by atoms with van der Waals surface area (Å²) in [7, 11) is 0. The maximum Gasteiger partial charge on any atom is 0.309 e. The number of aliphatic hydroxyl groups is 2. The van der Waals surface area contributed by atoms with Gasteiger partial charge in [-0.15, -0.1) is 11.3 Å². The number of ketones is 1. The van der Waals surface area contributed by atoms with E-state index in [0.717, 1.165) is 24.1 Å². The van der Waals surface area contributed by atoms with Crippen molar-refractivity contribution in [3.05, 3.63) is 33.5 Å². The van der Waals surface area contributed by atoms with Crippen molar-refractivity contribution in [1.82, 2.24) is 0 Å². The molecule has 4 unspecified atom stereocenters. The standard InChI is InChI=1S/C32H42O7S/c1-6-21-17(2)14-23(33)29(4)27(35)26(39-28(36)19-9-10-19)25-18(3)22(15-31(37)16-32(21,29)30(25,31)5)38-24(34)12-11-20-8-7-13-40-20/h7-8,13,17,19,21-23,26,33,37H,6,9-12,14-16H2,1-5H3/t17-,21-,22+,23?,26?,29+,30+,31?,32?/m1/s1. The molecule has 1 aromatic heterocycles. The van der Waals surface area contributed by atoms with Gasteiger partial charge < -0.3 is 19.7 Å². The molecule has 5 aliphatic carbocycles. The fourth-order valence-electron chi connectivity index (χ4n) is 9.72. The van der Waals surface area contributed by atoms with Crippen LogP contribution in [0.2, 0.25) is 0 Å². The molecule has 218 valence electrons. The van der Waals surface area contributed by atoms with Crippen molar-refractivity contribution in [2.45, 2.75) is 110 Å². The quantitative estimate of drug-likeness (QED) is 0.359. The van der Waals surface area contributed by atoms with Crippen LogP contribution < -0.4 is 0 Å². The number of aliphatic hydroxyl groups excluding tert-OH is 1. The Morgan fingerprint density at radius 3 is 2.55 bits per heavy atom. The van der Waals surface area contributed by atoms with Crippen LogP contribution in [0.4, 0.5) is 0 Å². The minimum atomic E-state index is -1.27. The second-order valence-electron chi connectivity index (χ2n) is 13.6. The third kappa shape index (κ3) is 3.45. The summed E-state index contributed by atoms with van der Waals surface area (Å²) in [6.45, 7) is 9.98. The SMILES string of the molecule is CC[C@@H]1[C@H](C)CC(O)[C@@]2(C)C(=O)C(OC(=O)C3CC3)C3=C(C)[C@@H](OC(=O)CCc4cccs4)CC4(O)CC12[C@@]34C. The highest BCUT2D eigenvalue weighted by Crippen LogP contribution is 2.83. The molecule has 0 saturated heterocycles. The van der Waals surface area contributed by atoms with Gasteiger partial charge in [0.1, 0.15) is 6.10 Å². The molecule has 0 radical (unpaired) electrons. The zero-order valence-corrected chi connectivity index (χ0v) is 25.0. The molecule has 8 heteroatoms. The second kappa shape index (κ2) is 9.23. The van der Waals surface area contributed by atoms with E-state index in [0.29, 0.717) is 30.4 Å². The van der Waals surface area contributed by atoms with Crippen LogP contribution in [0, 0.1) is 34.0 Å². The highest BCUT2D eigenvalue weighted by molar-refractivity contribution is 7.09. The van der Waals surface area contributed by atoms with Crippen LogP contribution in [0.15, 0.2) is 28.7 Å². The third-order valence-corrected chi connectivity index (χ3v) is 12.8. The lowest BCUT2D eigenvalue weighted by Gasteiger charge is -2.82. The molecule has 6 rings (SSSR count). The zero-order valence-electron chi connectivity index (χ0n) is 24.2. The molecule has 40 heavy (non-hydrogen) atoms. The maximum atomic E-state index is 14.6. The largest absolute Gasteiger partial charge is 0.458 e. The van der Waals surface area contributed by atoms with Crippen molar-refractivity contribution in [3.63, 3.8) is 0 Å². The number of ether oxygens (including phenoxy) is 2. The molecule has 4 saturated carbocycles. The predicted molar refractivity (Wildman–Crippen MR) is 149 cm³/mol. The first-order valence-electron chi connectivity index (χ1n) is 14.9. The third-order valence-electron chi connectivity index (χ3n) is 11.9. The van der Waals surface area contributed by atoms with Gasteiger partial charge in [-0.25, -0.2) is 0 Å². The Balaban J connectivity index is 1.44. The number of thiophene rings is 1. The molecule has 1 aromatic rings. The first-order valence-corrected chi connectivity index (χ1v) is 15.8. The van der Waals surface area contributed by atoms with E-state index in [2.05, 4.69) is 13.8 Å². The Kier molecular flexibility index (Phi) is 6.49. The molecule has 0 amide bonds. The molecule has 0 aromatic carbocycles. The summed E-state index contributed by atoms with van der Waals surface area (Å²) in [5.74, 6) is -1.01. The highest BCUT2D eigenvalue weighted by atomic mass is 32.1. The van der Waals surface area contributed by atoms with Crippen LogP contribution in [-0.2, 0) is 30.3 Å². The molecular formula is C32H42O7S. The number of hydrogen-bond acceptors (Lipinski definition) is 8. The normalized spacial score (nSPS) is 43.9. The first-order chi connectivity index (χ1) is 18.9. The summed E-state index contributed by atoms with van der Waals surface area (Å²) in [5, 5.41) is 26.0. The number of hydrogen-bond donors (Lipinski definition) is 2. The predicted octanol–water partition coefficient (Wildman–Crippen LogP) is 4.78. The van der Waals surface area contributed by atoms with Crippen molar-refractivity contribution in [1.29, 1.82) is 0 Å². The lowest BCUT2D eigenvalue weighted by Crippen LogP contribution is -2.86. The molecule has 7 nitrogen and oxygen atoms in total. The van der Waals surface area contributed by atoms with Crippen molar-refractivity contribution < 1.29 is 34.1 Å². The molecule has 1 spiro atoms. The van der Waals surface area contributed by atoms with E-state index < -0.39 is 46.1 Å². The number of rotatable bonds is 7. The van der Waals surface area contributed by atoms with E-state index in [1.165, 1.54) is 0 Å². The molecule has 0 bridgehead atoms. The van der Waals surface area contributed by atoms with Gasteiger partial charge in [-0.05, 0) is 80.4 Å². The van der Waals surface area contributed by atoms with E-state index in [1.807, 2.05) is 38.3 Å². The van der Waals surface area contributed by atoms with E-state index in [4.69, 9.17) is 9.47 Å². The average molecular weight is 571 g/mol. The summed E-state index contributed by atoms with van der Waals surface area (Å²) in [6, 6.07) is 3.94. The van der Waals surface area contributed by atoms with Crippen molar-refractivity contribution >= 4 is 29.1 Å². The maximum absolute atomic E-state index is 14.6. The van der Waals surface area contributed by atoms with E-state index >= 15 is 0 Å². The first kappa shape index (κ1) is 28.1. The van der Waals surface area contributed by atoms with Gasteiger partial charge >= 0.3 is 11.9 Å². The van der Waals surface area contributed by atoms with Gasteiger partial charge in [-0.1, -0.05) is 33.3 Å². The number of carbonyl (C=O) groups excluding carboxylic acids is 3. The van der Waals surface area contributed by atoms with Gasteiger partial charge in [0, 0.05) is 22.1 Å². The van der Waals surface area contributed by atoms with Gasteiger partial charge in [-0.2, -0.15) is 0 Å². The molecule has 4 fully saturated rings. The van der Waals surface area contributed by atoms with E-state index in [9.17, 15) is 24.6 Å². The lowest BCUT2D eigenvalue weighted by molar-refractivity contribution is -0.353. The smallest absolute Gasteiger partial charge is 0.309 e. The van der Waals surface area contributed by atoms with Crippen LogP contribution in [0.5, 0.6) is 0 Å². The number of esters is 2. The highest BCUT2D eigenvalue weighted by Gasteiger charge is 2.87. The Hall–Kier alpha value is -2.03. The fraction of sp³-hybridized carbons (Fsp3) is 0.719. The number of carbonyl (C=O) groups is 3. The fourth-order valence-corrected chi connectivity index (χ4v) is 10.4. The molecule has 5 aliphatic rings. The Bertz CT molecular complexity index is 1270. The lowest BCUT2D eigenvalue weighted by atomic mass is 9.22. The number of aryl methyl sites for hydroxylation is 1. The van der Waals surface area contributed by atoms with Crippen molar-refractivity contribution in [3.8, 4) is 0 Å². The molecule has 1 heterocycles. The zero-order chi connectivity index (χ0) is 28.8. The van der Waals surface area contributed by atoms with Crippen molar-refractivity contribution in [2.24, 2.45) is 34.0 Å². The Morgan fingerprint density at radius 1 is 1.20 bits per heavy atom. The summed E-state index contributed by atoms with van der Waals surface area (Å²) in [5.41, 5.74) is -2.77. The van der Waals surface area contributed by atoms with Crippen molar-refractivity contribution in [2.75, 3.05) is 0 Å². The summed E-state index contributed by atoms with van der Waals surface area (Å²) in [4.78, 5) is 41.8. The minimum absolute atomic E-state index is 0.0860. The number of Topliss-reactive ketones (excluding diaryl/α,β-unsaturated/α-hetero) is 1. The molecule has 0 aliphatic heterocycles. The Labute approximate surface area is 240 Å².